The molecule has 0 saturated carbocycles. The third kappa shape index (κ3) is 6.30. The molecule has 5 atom stereocenters. The Morgan fingerprint density at radius 2 is 1.81 bits per heavy atom. The van der Waals surface area contributed by atoms with Crippen molar-refractivity contribution in [2.24, 2.45) is 5.92 Å². The van der Waals surface area contributed by atoms with Crippen LogP contribution in [0.15, 0.2) is 54.6 Å². The average molecular weight is 686 g/mol. The van der Waals surface area contributed by atoms with Gasteiger partial charge in [-0.05, 0) is 55.5 Å². The van der Waals surface area contributed by atoms with Gasteiger partial charge in [0.25, 0.3) is 5.91 Å². The maximum atomic E-state index is 14.3. The van der Waals surface area contributed by atoms with Gasteiger partial charge in [-0.1, -0.05) is 36.4 Å². The van der Waals surface area contributed by atoms with Crippen molar-refractivity contribution in [3.05, 3.63) is 70.6 Å². The standard InChI is InChI=1S/C32H34F2N5O6PS/c1-37-16-23-8-5-9-25(36-29(40)28-13-20-12-22(10-11-27(20)47-28)32(33,34)46(43,44)45)30(41)39(23)26(18-37)31(42)38-15-21(14-35)24(17-38)19-6-3-2-4-7-19/h2-4,6-7,10-13,21,23-26H,5,8-9,15-18H2,1H3,(H,36,40)(H2,43,44,45)/t21-,23+,24+,25+,26+/m1/s1. The molecule has 3 aliphatic rings. The molecule has 0 unspecified atom stereocenters. The second kappa shape index (κ2) is 12.7. The summed E-state index contributed by atoms with van der Waals surface area (Å²) in [5.74, 6) is -1.72. The van der Waals surface area contributed by atoms with Gasteiger partial charge in [-0.25, -0.2) is 0 Å². The normalized spacial score (nSPS) is 25.7. The first-order valence-corrected chi connectivity index (χ1v) is 17.7. The molecule has 6 rings (SSSR count). The fourth-order valence-corrected chi connectivity index (χ4v) is 8.44. The van der Waals surface area contributed by atoms with E-state index in [1.165, 1.54) is 12.1 Å². The molecule has 0 spiro atoms. The maximum Gasteiger partial charge on any atom is 0.399 e. The van der Waals surface area contributed by atoms with Crippen molar-refractivity contribution in [2.45, 2.75) is 49.0 Å². The molecule has 3 aliphatic heterocycles. The summed E-state index contributed by atoms with van der Waals surface area (Å²) < 4.78 is 40.4. The van der Waals surface area contributed by atoms with Gasteiger partial charge >= 0.3 is 13.3 Å². The van der Waals surface area contributed by atoms with Crippen molar-refractivity contribution in [3.8, 4) is 6.07 Å². The summed E-state index contributed by atoms with van der Waals surface area (Å²) in [5, 5.41) is 12.9. The molecule has 3 saturated heterocycles. The molecular formula is C32H34F2N5O6PS. The van der Waals surface area contributed by atoms with Gasteiger partial charge in [0.05, 0.1) is 16.9 Å². The van der Waals surface area contributed by atoms with Crippen LogP contribution in [0, 0.1) is 17.2 Å². The highest BCUT2D eigenvalue weighted by Gasteiger charge is 2.51. The number of amides is 3. The summed E-state index contributed by atoms with van der Waals surface area (Å²) in [6, 6.07) is 14.5. The Morgan fingerprint density at radius 3 is 2.51 bits per heavy atom. The smallest absolute Gasteiger partial charge is 0.340 e. The van der Waals surface area contributed by atoms with E-state index in [4.69, 9.17) is 9.79 Å². The first kappa shape index (κ1) is 33.2. The maximum absolute atomic E-state index is 14.3. The molecule has 248 valence electrons. The fourth-order valence-electron chi connectivity index (χ4n) is 7.02. The molecule has 0 bridgehead atoms. The van der Waals surface area contributed by atoms with Crippen molar-refractivity contribution in [3.63, 3.8) is 0 Å². The van der Waals surface area contributed by atoms with E-state index in [2.05, 4.69) is 11.4 Å². The number of alkyl halides is 2. The number of rotatable bonds is 6. The van der Waals surface area contributed by atoms with Crippen LogP contribution in [0.1, 0.15) is 46.0 Å². The first-order valence-electron chi connectivity index (χ1n) is 15.3. The number of hydrogen-bond donors (Lipinski definition) is 3. The van der Waals surface area contributed by atoms with Crippen LogP contribution >= 0.6 is 18.9 Å². The van der Waals surface area contributed by atoms with Crippen LogP contribution in [-0.4, -0.2) is 93.6 Å². The predicted octanol–water partition coefficient (Wildman–Crippen LogP) is 3.69. The van der Waals surface area contributed by atoms with Gasteiger partial charge in [-0.3, -0.25) is 18.9 Å². The molecule has 15 heteroatoms. The second-order valence-corrected chi connectivity index (χ2v) is 15.3. The average Bonchev–Trinajstić information content (AvgIpc) is 3.64. The third-order valence-corrected chi connectivity index (χ3v) is 11.5. The Bertz CT molecular complexity index is 1790. The molecule has 1 aromatic heterocycles. The van der Waals surface area contributed by atoms with Crippen molar-refractivity contribution in [2.75, 3.05) is 33.2 Å². The molecule has 47 heavy (non-hydrogen) atoms. The molecule has 11 nitrogen and oxygen atoms in total. The van der Waals surface area contributed by atoms with Crippen LogP contribution in [0.25, 0.3) is 10.1 Å². The number of fused-ring (bicyclic) bond motifs is 2. The van der Waals surface area contributed by atoms with E-state index >= 15 is 0 Å². The van der Waals surface area contributed by atoms with Gasteiger partial charge < -0.3 is 29.8 Å². The third-order valence-electron chi connectivity index (χ3n) is 9.39. The van der Waals surface area contributed by atoms with Crippen LogP contribution in [0.3, 0.4) is 0 Å². The number of hydrogen-bond acceptors (Lipinski definition) is 7. The Balaban J connectivity index is 1.21. The first-order chi connectivity index (χ1) is 22.3. The Kier molecular flexibility index (Phi) is 8.97. The molecule has 0 radical (unpaired) electrons. The lowest BCUT2D eigenvalue weighted by atomic mass is 9.90. The molecule has 3 N–H and O–H groups in total. The van der Waals surface area contributed by atoms with E-state index in [0.717, 1.165) is 29.0 Å². The summed E-state index contributed by atoms with van der Waals surface area (Å²) in [6.45, 7) is 1.50. The number of likely N-dealkylation sites (N-methyl/N-ethyl adjacent to an activating group) is 1. The second-order valence-electron chi connectivity index (χ2n) is 12.5. The Labute approximate surface area is 273 Å². The monoisotopic (exact) mass is 685 g/mol. The molecular weight excluding hydrogens is 651 g/mol. The van der Waals surface area contributed by atoms with Crippen molar-refractivity contribution >= 4 is 46.7 Å². The summed E-state index contributed by atoms with van der Waals surface area (Å²) in [4.78, 5) is 65.3. The van der Waals surface area contributed by atoms with E-state index < -0.39 is 36.8 Å². The van der Waals surface area contributed by atoms with E-state index in [1.807, 2.05) is 42.3 Å². The summed E-state index contributed by atoms with van der Waals surface area (Å²) >= 11 is 1.00. The Morgan fingerprint density at radius 1 is 1.06 bits per heavy atom. The number of likely N-dealkylation sites (tertiary alicyclic amines) is 1. The number of halogens is 2. The van der Waals surface area contributed by atoms with Gasteiger partial charge in [0.15, 0.2) is 0 Å². The van der Waals surface area contributed by atoms with Gasteiger partial charge in [0, 0.05) is 48.4 Å². The van der Waals surface area contributed by atoms with Crippen LogP contribution in [0.5, 0.6) is 0 Å². The van der Waals surface area contributed by atoms with E-state index in [0.29, 0.717) is 43.6 Å². The number of piperazine rings is 1. The number of benzene rings is 2. The molecule has 3 aromatic rings. The number of carbonyl (C=O) groups is 3. The van der Waals surface area contributed by atoms with E-state index in [9.17, 15) is 33.0 Å². The number of nitriles is 1. The number of nitrogens with zero attached hydrogens (tertiary/aromatic N) is 4. The van der Waals surface area contributed by atoms with Crippen LogP contribution in [0.4, 0.5) is 8.78 Å². The lowest BCUT2D eigenvalue weighted by molar-refractivity contribution is -0.152. The summed E-state index contributed by atoms with van der Waals surface area (Å²) in [6.07, 6.45) is 1.61. The lowest BCUT2D eigenvalue weighted by Gasteiger charge is -2.46. The van der Waals surface area contributed by atoms with Crippen LogP contribution < -0.4 is 5.32 Å². The largest absolute Gasteiger partial charge is 0.399 e. The zero-order chi connectivity index (χ0) is 33.7. The quantitative estimate of drug-likeness (QED) is 0.332. The molecule has 3 amide bonds. The van der Waals surface area contributed by atoms with E-state index in [-0.39, 0.29) is 46.5 Å². The van der Waals surface area contributed by atoms with Gasteiger partial charge in [0.1, 0.15) is 12.1 Å². The Hall–Kier alpha value is -3.73. The predicted molar refractivity (Wildman–Crippen MR) is 170 cm³/mol. The van der Waals surface area contributed by atoms with Gasteiger partial charge in [-0.15, -0.1) is 11.3 Å². The number of thiophene rings is 1. The number of nitrogens with one attached hydrogen (secondary N) is 1. The van der Waals surface area contributed by atoms with Crippen LogP contribution in [0.2, 0.25) is 0 Å². The lowest BCUT2D eigenvalue weighted by Crippen LogP contribution is -2.66. The van der Waals surface area contributed by atoms with Crippen LogP contribution in [-0.2, 0) is 19.8 Å². The highest BCUT2D eigenvalue weighted by atomic mass is 32.1. The summed E-state index contributed by atoms with van der Waals surface area (Å²) in [5.41, 5.74) is -4.28. The van der Waals surface area contributed by atoms with Gasteiger partial charge in [0.2, 0.25) is 11.8 Å². The molecule has 3 fully saturated rings. The molecule has 0 aliphatic carbocycles. The minimum absolute atomic E-state index is 0.141. The number of carbonyl (C=O) groups excluding carboxylic acids is 3. The SMILES string of the molecule is CN1C[C@@H]2CCC[C@H](NC(=O)c3cc4cc(C(F)(F)P(=O)(O)O)ccc4s3)C(=O)N2[C@H](C(=O)N2C[C@@H](C#N)[C@H](c3ccccc3)C2)C1. The van der Waals surface area contributed by atoms with Crippen molar-refractivity contribution < 1.29 is 37.5 Å². The topological polar surface area (TPSA) is 154 Å². The highest BCUT2D eigenvalue weighted by Crippen LogP contribution is 2.59. The minimum atomic E-state index is -5.77. The fraction of sp³-hybridized carbons (Fsp3) is 0.438. The zero-order valence-corrected chi connectivity index (χ0v) is 27.2. The molecule has 2 aromatic carbocycles. The minimum Gasteiger partial charge on any atom is -0.340 e. The summed E-state index contributed by atoms with van der Waals surface area (Å²) in [7, 11) is -3.86. The van der Waals surface area contributed by atoms with Gasteiger partial charge in [-0.2, -0.15) is 14.0 Å². The highest BCUT2D eigenvalue weighted by molar-refractivity contribution is 7.52. The zero-order valence-electron chi connectivity index (χ0n) is 25.5. The van der Waals surface area contributed by atoms with Crippen molar-refractivity contribution in [1.82, 2.24) is 20.0 Å². The van der Waals surface area contributed by atoms with E-state index in [1.54, 1.807) is 9.80 Å². The van der Waals surface area contributed by atoms with Crippen molar-refractivity contribution in [1.29, 1.82) is 5.26 Å². The molecule has 4 heterocycles.